The first-order valence-corrected chi connectivity index (χ1v) is 14.8. The van der Waals surface area contributed by atoms with Crippen LogP contribution in [0.2, 0.25) is 5.02 Å². The van der Waals surface area contributed by atoms with Crippen molar-refractivity contribution in [2.75, 3.05) is 33.2 Å². The summed E-state index contributed by atoms with van der Waals surface area (Å²) in [5.41, 5.74) is 0.598. The zero-order valence-electron chi connectivity index (χ0n) is 23.9. The van der Waals surface area contributed by atoms with Gasteiger partial charge < -0.3 is 30.0 Å². The second-order valence-electron chi connectivity index (χ2n) is 11.8. The molecule has 1 aromatic heterocycles. The minimum absolute atomic E-state index is 0. The van der Waals surface area contributed by atoms with E-state index in [0.717, 1.165) is 25.8 Å². The van der Waals surface area contributed by atoms with Crippen molar-refractivity contribution in [2.45, 2.75) is 62.1 Å². The number of hydrogen-bond donors (Lipinski definition) is 4. The minimum Gasteiger partial charge on any atom is -0.507 e. The smallest absolute Gasteiger partial charge is 0.408 e. The van der Waals surface area contributed by atoms with E-state index in [4.69, 9.17) is 16.0 Å². The maximum absolute atomic E-state index is 13.5. The molecule has 1 aliphatic carbocycles. The van der Waals surface area contributed by atoms with Gasteiger partial charge in [-0.3, -0.25) is 9.69 Å². The zero-order valence-corrected chi connectivity index (χ0v) is 26.3. The van der Waals surface area contributed by atoms with E-state index in [1.54, 1.807) is 30.3 Å². The molecule has 1 amide bonds. The van der Waals surface area contributed by atoms with Crippen LogP contribution in [0.3, 0.4) is 0 Å². The molecule has 3 fully saturated rings. The SMILES string of the molecule is CN1CC[C@H](c2c(C3(N(C[C@H]4CCCCN4)C(=O)O)CC3)cc(O)c3c(=O)cc(-c4ccccc4Cl)oc23)[C@H](O)C1.Cl.Cl. The molecule has 234 valence electrons. The number of carbonyl (C=O) groups is 1. The molecule has 3 atom stereocenters. The molecule has 3 aliphatic rings. The van der Waals surface area contributed by atoms with Gasteiger partial charge in [-0.05, 0) is 76.0 Å². The number of β-amino-alcohol motifs (C(OH)–C–C–N with tert-alkyl or cyclic N) is 1. The summed E-state index contributed by atoms with van der Waals surface area (Å²) in [4.78, 5) is 29.8. The first kappa shape index (κ1) is 33.4. The molecule has 2 aliphatic heterocycles. The fourth-order valence-electron chi connectivity index (χ4n) is 6.85. The lowest BCUT2D eigenvalue weighted by Gasteiger charge is -2.39. The van der Waals surface area contributed by atoms with E-state index in [-0.39, 0.29) is 53.3 Å². The number of nitrogens with one attached hydrogen (secondary N) is 1. The molecule has 9 nitrogen and oxygen atoms in total. The lowest BCUT2D eigenvalue weighted by molar-refractivity contribution is 0.0624. The summed E-state index contributed by atoms with van der Waals surface area (Å²) in [6.07, 6.45) is 2.91. The van der Waals surface area contributed by atoms with E-state index in [0.29, 0.717) is 60.6 Å². The van der Waals surface area contributed by atoms with Crippen LogP contribution in [0.25, 0.3) is 22.3 Å². The maximum atomic E-state index is 13.5. The van der Waals surface area contributed by atoms with E-state index in [9.17, 15) is 24.9 Å². The number of phenols is 1. The molecule has 1 saturated carbocycles. The largest absolute Gasteiger partial charge is 0.507 e. The Bertz CT molecular complexity index is 1540. The van der Waals surface area contributed by atoms with E-state index >= 15 is 0 Å². The number of nitrogens with zero attached hydrogens (tertiary/aromatic N) is 2. The first-order chi connectivity index (χ1) is 19.7. The van der Waals surface area contributed by atoms with Gasteiger partial charge in [0.15, 0.2) is 5.43 Å². The van der Waals surface area contributed by atoms with E-state index in [1.165, 1.54) is 11.0 Å². The Balaban J connectivity index is 0.00000212. The molecule has 3 aromatic rings. The summed E-state index contributed by atoms with van der Waals surface area (Å²) >= 11 is 6.47. The molecule has 0 spiro atoms. The Labute approximate surface area is 267 Å². The zero-order chi connectivity index (χ0) is 28.9. The Kier molecular flexibility index (Phi) is 10.3. The summed E-state index contributed by atoms with van der Waals surface area (Å²) in [6.45, 7) is 2.29. The van der Waals surface area contributed by atoms with Crippen LogP contribution in [-0.4, -0.2) is 76.6 Å². The number of halogens is 3. The topological polar surface area (TPSA) is 126 Å². The van der Waals surface area contributed by atoms with Crippen molar-refractivity contribution in [3.05, 3.63) is 62.8 Å². The van der Waals surface area contributed by atoms with Crippen molar-refractivity contribution in [2.24, 2.45) is 0 Å². The van der Waals surface area contributed by atoms with Gasteiger partial charge in [-0.1, -0.05) is 30.2 Å². The van der Waals surface area contributed by atoms with Crippen LogP contribution in [0, 0.1) is 0 Å². The Morgan fingerprint density at radius 3 is 2.56 bits per heavy atom. The number of fused-ring (bicyclic) bond motifs is 1. The highest BCUT2D eigenvalue weighted by atomic mass is 35.5. The van der Waals surface area contributed by atoms with Gasteiger partial charge in [-0.2, -0.15) is 0 Å². The number of aliphatic hydroxyl groups is 1. The highest BCUT2D eigenvalue weighted by Crippen LogP contribution is 2.56. The van der Waals surface area contributed by atoms with E-state index in [1.807, 2.05) is 11.9 Å². The van der Waals surface area contributed by atoms with Crippen molar-refractivity contribution in [3.63, 3.8) is 0 Å². The molecule has 43 heavy (non-hydrogen) atoms. The number of benzene rings is 2. The Hall–Kier alpha value is -2.53. The highest BCUT2D eigenvalue weighted by Gasteiger charge is 2.55. The van der Waals surface area contributed by atoms with Gasteiger partial charge in [-0.15, -0.1) is 24.8 Å². The monoisotopic (exact) mass is 653 g/mol. The second kappa shape index (κ2) is 13.2. The molecule has 0 unspecified atom stereocenters. The lowest BCUT2D eigenvalue weighted by Crippen LogP contribution is -2.50. The molecule has 3 heterocycles. The highest BCUT2D eigenvalue weighted by molar-refractivity contribution is 6.33. The minimum atomic E-state index is -1.03. The molecule has 12 heteroatoms. The summed E-state index contributed by atoms with van der Waals surface area (Å²) in [5, 5.41) is 37.0. The van der Waals surface area contributed by atoms with E-state index < -0.39 is 29.1 Å². The Morgan fingerprint density at radius 1 is 1.19 bits per heavy atom. The summed E-state index contributed by atoms with van der Waals surface area (Å²) in [5.74, 6) is -0.428. The van der Waals surface area contributed by atoms with Crippen LogP contribution in [0.5, 0.6) is 5.75 Å². The van der Waals surface area contributed by atoms with Crippen molar-refractivity contribution < 1.29 is 24.5 Å². The van der Waals surface area contributed by atoms with Crippen LogP contribution in [0.1, 0.15) is 55.6 Å². The Morgan fingerprint density at radius 2 is 1.93 bits per heavy atom. The number of piperidine rings is 2. The fraction of sp³-hybridized carbons (Fsp3) is 0.484. The van der Waals surface area contributed by atoms with Crippen molar-refractivity contribution in [3.8, 4) is 17.1 Å². The number of carboxylic acid groups (broad SMARTS) is 1. The van der Waals surface area contributed by atoms with Gasteiger partial charge in [-0.25, -0.2) is 4.79 Å². The van der Waals surface area contributed by atoms with Gasteiger partial charge in [0.25, 0.3) is 0 Å². The molecule has 2 saturated heterocycles. The third-order valence-electron chi connectivity index (χ3n) is 9.10. The van der Waals surface area contributed by atoms with Crippen molar-refractivity contribution in [1.82, 2.24) is 15.1 Å². The van der Waals surface area contributed by atoms with Crippen LogP contribution < -0.4 is 10.7 Å². The second-order valence-corrected chi connectivity index (χ2v) is 12.2. The number of aliphatic hydroxyl groups excluding tert-OH is 1. The van der Waals surface area contributed by atoms with Crippen molar-refractivity contribution >= 4 is 53.5 Å². The van der Waals surface area contributed by atoms with Crippen LogP contribution >= 0.6 is 36.4 Å². The van der Waals surface area contributed by atoms with Gasteiger partial charge in [0, 0.05) is 42.2 Å². The maximum Gasteiger partial charge on any atom is 0.408 e. The van der Waals surface area contributed by atoms with Crippen LogP contribution in [0.4, 0.5) is 4.79 Å². The van der Waals surface area contributed by atoms with Gasteiger partial charge in [0.1, 0.15) is 22.5 Å². The third kappa shape index (κ3) is 6.21. The molecule has 6 rings (SSSR count). The van der Waals surface area contributed by atoms with Crippen LogP contribution in [-0.2, 0) is 5.54 Å². The standard InChI is InChI=1S/C31H36ClN3O6.2ClH/c1-34-13-9-20(25(38)17-34)27-21(31(10-11-31)35(30(39)40)16-18-6-4-5-12-33-18)14-23(36)28-24(37)15-26(41-29(27)28)19-7-2-3-8-22(19)32;;/h2-3,7-8,14-15,18,20,25,33,36,38H,4-6,9-13,16-17H2,1H3,(H,39,40);2*1H/t18-,20+,25-;;/m1../s1. The first-order valence-electron chi connectivity index (χ1n) is 14.4. The lowest BCUT2D eigenvalue weighted by atomic mass is 9.80. The van der Waals surface area contributed by atoms with Gasteiger partial charge in [0.2, 0.25) is 0 Å². The number of aromatic hydroxyl groups is 1. The third-order valence-corrected chi connectivity index (χ3v) is 9.43. The summed E-state index contributed by atoms with van der Waals surface area (Å²) in [7, 11) is 1.94. The summed E-state index contributed by atoms with van der Waals surface area (Å²) < 4.78 is 6.46. The molecule has 0 radical (unpaired) electrons. The van der Waals surface area contributed by atoms with Gasteiger partial charge >= 0.3 is 6.09 Å². The van der Waals surface area contributed by atoms with Gasteiger partial charge in [0.05, 0.1) is 16.7 Å². The quantitative estimate of drug-likeness (QED) is 0.273. The predicted octanol–water partition coefficient (Wildman–Crippen LogP) is 5.55. The number of amides is 1. The molecule has 2 aromatic carbocycles. The summed E-state index contributed by atoms with van der Waals surface area (Å²) in [6, 6.07) is 9.95. The van der Waals surface area contributed by atoms with Crippen LogP contribution in [0.15, 0.2) is 45.6 Å². The number of phenolic OH excluding ortho intramolecular Hbond substituents is 1. The molecule has 0 bridgehead atoms. The number of likely N-dealkylation sites (tertiary alicyclic amines) is 1. The molecular weight excluding hydrogens is 617 g/mol. The molecule has 4 N–H and O–H groups in total. The number of likely N-dealkylation sites (N-methyl/N-ethyl adjacent to an activating group) is 1. The average Bonchev–Trinajstić information content (AvgIpc) is 3.74. The fourth-order valence-corrected chi connectivity index (χ4v) is 7.08. The normalized spacial score (nSPS) is 23.2. The van der Waals surface area contributed by atoms with Crippen molar-refractivity contribution in [1.29, 1.82) is 0 Å². The predicted molar refractivity (Wildman–Crippen MR) is 171 cm³/mol. The average molecular weight is 655 g/mol. The van der Waals surface area contributed by atoms with E-state index in [2.05, 4.69) is 5.32 Å². The number of hydrogen-bond acceptors (Lipinski definition) is 7. The number of rotatable bonds is 6. The molecular formula is C31H38Cl3N3O6.